The summed E-state index contributed by atoms with van der Waals surface area (Å²) in [4.78, 5) is 10.8. The number of hydrogen-bond donors (Lipinski definition) is 0. The van der Waals surface area contributed by atoms with Crippen LogP contribution in [0.4, 0.5) is 13.2 Å². The third kappa shape index (κ3) is 5.49. The fourth-order valence-corrected chi connectivity index (χ4v) is 0.677. The Morgan fingerprint density at radius 1 is 1.31 bits per heavy atom. The first-order valence-electron chi connectivity index (χ1n) is 3.99. The minimum absolute atomic E-state index is 0.368. The normalized spacial score (nSPS) is 14.4. The van der Waals surface area contributed by atoms with Crippen LogP contribution in [-0.2, 0) is 9.53 Å². The van der Waals surface area contributed by atoms with Gasteiger partial charge in [0.05, 0.1) is 18.4 Å². The molecule has 0 saturated heterocycles. The molecule has 0 aromatic rings. The Kier molecular flexibility index (Phi) is 4.23. The van der Waals surface area contributed by atoms with Crippen LogP contribution in [0.25, 0.3) is 0 Å². The second-order valence-electron chi connectivity index (χ2n) is 3.19. The van der Waals surface area contributed by atoms with E-state index in [0.717, 1.165) is 6.92 Å². The van der Waals surface area contributed by atoms with Crippen molar-refractivity contribution >= 4 is 5.97 Å². The van der Waals surface area contributed by atoms with Gasteiger partial charge in [0.2, 0.25) is 0 Å². The Morgan fingerprint density at radius 2 is 1.77 bits per heavy atom. The molecule has 0 aliphatic rings. The summed E-state index contributed by atoms with van der Waals surface area (Å²) in [6.45, 7) is 4.15. The zero-order valence-electron chi connectivity index (χ0n) is 7.81. The maximum absolute atomic E-state index is 11.9. The third-order valence-corrected chi connectivity index (χ3v) is 1.40. The van der Waals surface area contributed by atoms with Gasteiger partial charge < -0.3 is 4.74 Å². The first-order chi connectivity index (χ1) is 5.73. The van der Waals surface area contributed by atoms with Crippen molar-refractivity contribution in [1.82, 2.24) is 0 Å². The van der Waals surface area contributed by atoms with Crippen molar-refractivity contribution < 1.29 is 22.7 Å². The Morgan fingerprint density at radius 3 is 2.08 bits per heavy atom. The molecule has 0 radical (unpaired) electrons. The molecule has 0 amide bonds. The summed E-state index contributed by atoms with van der Waals surface area (Å²) in [5.41, 5.74) is 0. The van der Waals surface area contributed by atoms with E-state index in [1.54, 1.807) is 13.8 Å². The van der Waals surface area contributed by atoms with E-state index in [9.17, 15) is 18.0 Å². The molecule has 5 heteroatoms. The second kappa shape index (κ2) is 4.48. The van der Waals surface area contributed by atoms with Crippen LogP contribution in [0.2, 0.25) is 0 Å². The lowest BCUT2D eigenvalue weighted by Crippen LogP contribution is -2.24. The molecule has 0 N–H and O–H groups in total. The lowest BCUT2D eigenvalue weighted by Gasteiger charge is -2.15. The number of carbonyl (C=O) groups is 1. The van der Waals surface area contributed by atoms with E-state index in [1.807, 2.05) is 0 Å². The lowest BCUT2D eigenvalue weighted by atomic mass is 10.1. The number of esters is 1. The van der Waals surface area contributed by atoms with Gasteiger partial charge in [0.15, 0.2) is 0 Å². The molecule has 0 bridgehead atoms. The second-order valence-corrected chi connectivity index (χ2v) is 3.19. The van der Waals surface area contributed by atoms with Crippen LogP contribution in [0.3, 0.4) is 0 Å². The Bertz CT molecular complexity index is 175. The summed E-state index contributed by atoms with van der Waals surface area (Å²) >= 11 is 0. The first-order valence-corrected chi connectivity index (χ1v) is 3.99. The monoisotopic (exact) mass is 198 g/mol. The van der Waals surface area contributed by atoms with E-state index < -0.39 is 24.5 Å². The van der Waals surface area contributed by atoms with Gasteiger partial charge in [-0.25, -0.2) is 0 Å². The zero-order valence-corrected chi connectivity index (χ0v) is 7.81. The molecule has 2 nitrogen and oxygen atoms in total. The van der Waals surface area contributed by atoms with Crippen LogP contribution in [0.15, 0.2) is 0 Å². The van der Waals surface area contributed by atoms with Crippen molar-refractivity contribution in [2.24, 2.45) is 5.92 Å². The highest BCUT2D eigenvalue weighted by atomic mass is 19.4. The third-order valence-electron chi connectivity index (χ3n) is 1.40. The number of ether oxygens (including phenoxy) is 1. The van der Waals surface area contributed by atoms with E-state index >= 15 is 0 Å². The van der Waals surface area contributed by atoms with Gasteiger partial charge >= 0.3 is 12.1 Å². The van der Waals surface area contributed by atoms with Gasteiger partial charge in [0.25, 0.3) is 0 Å². The topological polar surface area (TPSA) is 26.3 Å². The Hall–Kier alpha value is -0.740. The number of alkyl halides is 3. The molecule has 0 heterocycles. The fourth-order valence-electron chi connectivity index (χ4n) is 0.677. The fraction of sp³-hybridized carbons (Fsp3) is 0.875. The standard InChI is InChI=1S/C8H13F3O2/c1-5(2)13-7(12)4-6(3)8(9,10)11/h5-6H,4H2,1-3H3/t6-/m0/s1. The van der Waals surface area contributed by atoms with Gasteiger partial charge in [0, 0.05) is 0 Å². The van der Waals surface area contributed by atoms with Crippen LogP contribution < -0.4 is 0 Å². The molecule has 0 spiro atoms. The predicted octanol–water partition coefficient (Wildman–Crippen LogP) is 2.53. The molecule has 0 aliphatic heterocycles. The first kappa shape index (κ1) is 12.3. The van der Waals surface area contributed by atoms with Crippen LogP contribution in [-0.4, -0.2) is 18.2 Å². The van der Waals surface area contributed by atoms with Crippen molar-refractivity contribution in [3.05, 3.63) is 0 Å². The van der Waals surface area contributed by atoms with E-state index in [0.29, 0.717) is 0 Å². The van der Waals surface area contributed by atoms with Gasteiger partial charge in [-0.2, -0.15) is 13.2 Å². The minimum atomic E-state index is -4.32. The molecule has 0 aromatic heterocycles. The van der Waals surface area contributed by atoms with Crippen LogP contribution in [0, 0.1) is 5.92 Å². The molecule has 1 atom stereocenters. The van der Waals surface area contributed by atoms with E-state index in [2.05, 4.69) is 4.74 Å². The van der Waals surface area contributed by atoms with Gasteiger partial charge in [0.1, 0.15) is 0 Å². The lowest BCUT2D eigenvalue weighted by molar-refractivity contribution is -0.181. The maximum atomic E-state index is 11.9. The number of hydrogen-bond acceptors (Lipinski definition) is 2. The van der Waals surface area contributed by atoms with Gasteiger partial charge in [-0.15, -0.1) is 0 Å². The summed E-state index contributed by atoms with van der Waals surface area (Å²) < 4.78 is 40.4. The van der Waals surface area contributed by atoms with Gasteiger partial charge in [-0.3, -0.25) is 4.79 Å². The van der Waals surface area contributed by atoms with Crippen LogP contribution in [0.1, 0.15) is 27.2 Å². The van der Waals surface area contributed by atoms with Crippen molar-refractivity contribution in [3.63, 3.8) is 0 Å². The number of carbonyl (C=O) groups excluding carboxylic acids is 1. The molecular formula is C8H13F3O2. The van der Waals surface area contributed by atoms with Crippen molar-refractivity contribution in [3.8, 4) is 0 Å². The molecule has 78 valence electrons. The van der Waals surface area contributed by atoms with Crippen molar-refractivity contribution in [1.29, 1.82) is 0 Å². The smallest absolute Gasteiger partial charge is 0.392 e. The number of halogens is 3. The van der Waals surface area contributed by atoms with Crippen LogP contribution in [0.5, 0.6) is 0 Å². The average molecular weight is 198 g/mol. The molecule has 0 unspecified atom stereocenters. The highest BCUT2D eigenvalue weighted by Crippen LogP contribution is 2.28. The maximum Gasteiger partial charge on any atom is 0.392 e. The molecule has 0 aromatic carbocycles. The minimum Gasteiger partial charge on any atom is -0.463 e. The molecule has 0 rings (SSSR count). The van der Waals surface area contributed by atoms with Gasteiger partial charge in [-0.1, -0.05) is 6.92 Å². The summed E-state index contributed by atoms with van der Waals surface area (Å²) in [6.07, 6.45) is -5.30. The molecule has 13 heavy (non-hydrogen) atoms. The van der Waals surface area contributed by atoms with E-state index in [-0.39, 0.29) is 6.10 Å². The van der Waals surface area contributed by atoms with E-state index in [4.69, 9.17) is 0 Å². The van der Waals surface area contributed by atoms with Gasteiger partial charge in [-0.05, 0) is 13.8 Å². The SMILES string of the molecule is CC(C)OC(=O)C[C@H](C)C(F)(F)F. The Balaban J connectivity index is 3.93. The molecular weight excluding hydrogens is 185 g/mol. The van der Waals surface area contributed by atoms with E-state index in [1.165, 1.54) is 0 Å². The predicted molar refractivity (Wildman–Crippen MR) is 41.1 cm³/mol. The highest BCUT2D eigenvalue weighted by Gasteiger charge is 2.37. The highest BCUT2D eigenvalue weighted by molar-refractivity contribution is 5.69. The molecule has 0 saturated carbocycles. The van der Waals surface area contributed by atoms with Crippen molar-refractivity contribution in [2.75, 3.05) is 0 Å². The van der Waals surface area contributed by atoms with Crippen LogP contribution >= 0.6 is 0 Å². The summed E-state index contributed by atoms with van der Waals surface area (Å²) in [5, 5.41) is 0. The Labute approximate surface area is 75.1 Å². The van der Waals surface area contributed by atoms with Crippen molar-refractivity contribution in [2.45, 2.75) is 39.5 Å². The molecule has 0 fully saturated rings. The quantitative estimate of drug-likeness (QED) is 0.651. The molecule has 0 aliphatic carbocycles. The number of rotatable bonds is 3. The summed E-state index contributed by atoms with van der Waals surface area (Å²) in [6, 6.07) is 0. The largest absolute Gasteiger partial charge is 0.463 e. The summed E-state index contributed by atoms with van der Waals surface area (Å²) in [7, 11) is 0. The zero-order chi connectivity index (χ0) is 10.6. The average Bonchev–Trinajstić information content (AvgIpc) is 1.82. The summed E-state index contributed by atoms with van der Waals surface area (Å²) in [5.74, 6) is -2.45.